The van der Waals surface area contributed by atoms with Crippen LogP contribution in [0.4, 0.5) is 5.95 Å². The van der Waals surface area contributed by atoms with Gasteiger partial charge in [-0.25, -0.2) is 4.68 Å². The molecule has 6 heteroatoms. The average molecular weight is 207 g/mol. The highest BCUT2D eigenvalue weighted by Gasteiger charge is 2.17. The molecule has 1 atom stereocenters. The predicted molar refractivity (Wildman–Crippen MR) is 54.2 cm³/mol. The number of nitrogens with zero attached hydrogens (tertiary/aromatic N) is 4. The van der Waals surface area contributed by atoms with Crippen LogP contribution in [0.25, 0.3) is 0 Å². The van der Waals surface area contributed by atoms with Crippen molar-refractivity contribution in [2.45, 2.75) is 26.8 Å². The van der Waals surface area contributed by atoms with Crippen molar-refractivity contribution in [1.29, 1.82) is 0 Å². The van der Waals surface area contributed by atoms with Gasteiger partial charge >= 0.3 is 0 Å². The van der Waals surface area contributed by atoms with Crippen LogP contribution in [0.2, 0.25) is 0 Å². The molecule has 2 N–H and O–H groups in total. The van der Waals surface area contributed by atoms with Crippen LogP contribution in [0.3, 0.4) is 0 Å². The zero-order chi connectivity index (χ0) is 11.0. The number of rotatable bonds is 2. The molecule has 0 aliphatic heterocycles. The number of nitrogens with two attached hydrogens (primary N) is 1. The minimum atomic E-state index is -0.0163. The molecule has 80 valence electrons. The fourth-order valence-corrected chi connectivity index (χ4v) is 1.67. The first kappa shape index (κ1) is 9.70. The third-order valence-electron chi connectivity index (χ3n) is 2.41. The number of aryl methyl sites for hydroxylation is 2. The molecule has 1 unspecified atom stereocenters. The van der Waals surface area contributed by atoms with Crippen molar-refractivity contribution in [3.8, 4) is 0 Å². The summed E-state index contributed by atoms with van der Waals surface area (Å²) in [7, 11) is 0. The van der Waals surface area contributed by atoms with Crippen LogP contribution in [0, 0.1) is 13.8 Å². The van der Waals surface area contributed by atoms with Crippen molar-refractivity contribution >= 4 is 5.95 Å². The summed E-state index contributed by atoms with van der Waals surface area (Å²) in [5, 5.41) is 11.0. The number of hydrogen-bond donors (Lipinski definition) is 1. The van der Waals surface area contributed by atoms with Gasteiger partial charge in [0, 0.05) is 5.56 Å². The molecule has 2 rings (SSSR count). The van der Waals surface area contributed by atoms with Crippen LogP contribution < -0.4 is 5.73 Å². The van der Waals surface area contributed by atoms with Crippen molar-refractivity contribution in [3.05, 3.63) is 23.2 Å². The first-order valence-electron chi connectivity index (χ1n) is 4.70. The fraction of sp³-hybridized carbons (Fsp3) is 0.444. The zero-order valence-electron chi connectivity index (χ0n) is 8.93. The highest BCUT2D eigenvalue weighted by molar-refractivity contribution is 5.26. The summed E-state index contributed by atoms with van der Waals surface area (Å²) < 4.78 is 7.02. The van der Waals surface area contributed by atoms with Crippen molar-refractivity contribution in [2.75, 3.05) is 5.73 Å². The quantitative estimate of drug-likeness (QED) is 0.796. The third kappa shape index (κ3) is 1.58. The SMILES string of the molecule is Cc1cc(C(C)n2nnnc2N)c(C)o1. The average Bonchev–Trinajstić information content (AvgIpc) is 2.71. The molecule has 0 spiro atoms. The van der Waals surface area contributed by atoms with E-state index >= 15 is 0 Å². The lowest BCUT2D eigenvalue weighted by atomic mass is 10.1. The first-order valence-corrected chi connectivity index (χ1v) is 4.70. The third-order valence-corrected chi connectivity index (χ3v) is 2.41. The second kappa shape index (κ2) is 3.38. The summed E-state index contributed by atoms with van der Waals surface area (Å²) >= 11 is 0. The molecular formula is C9H13N5O. The van der Waals surface area contributed by atoms with Gasteiger partial charge in [-0.2, -0.15) is 0 Å². The monoisotopic (exact) mass is 207 g/mol. The molecule has 15 heavy (non-hydrogen) atoms. The van der Waals surface area contributed by atoms with E-state index in [9.17, 15) is 0 Å². The zero-order valence-corrected chi connectivity index (χ0v) is 8.93. The standard InChI is InChI=1S/C9H13N5O/c1-5-4-8(7(3)15-5)6(2)14-9(10)11-12-13-14/h4,6H,1-3H3,(H2,10,11,13). The number of anilines is 1. The number of aromatic nitrogens is 4. The molecule has 0 radical (unpaired) electrons. The molecule has 0 aliphatic rings. The Kier molecular flexibility index (Phi) is 2.18. The molecule has 0 bridgehead atoms. The number of nitrogen functional groups attached to an aromatic ring is 1. The summed E-state index contributed by atoms with van der Waals surface area (Å²) in [5.41, 5.74) is 6.68. The summed E-state index contributed by atoms with van der Waals surface area (Å²) in [4.78, 5) is 0. The highest BCUT2D eigenvalue weighted by atomic mass is 16.3. The Hall–Kier alpha value is -1.85. The van der Waals surface area contributed by atoms with Crippen LogP contribution in [-0.4, -0.2) is 20.2 Å². The Bertz CT molecular complexity index is 473. The van der Waals surface area contributed by atoms with Gasteiger partial charge in [0.1, 0.15) is 11.5 Å². The van der Waals surface area contributed by atoms with Crippen LogP contribution >= 0.6 is 0 Å². The molecule has 0 aromatic carbocycles. The van der Waals surface area contributed by atoms with Crippen LogP contribution in [0.1, 0.15) is 30.0 Å². The van der Waals surface area contributed by atoms with Gasteiger partial charge in [-0.1, -0.05) is 5.10 Å². The van der Waals surface area contributed by atoms with Gasteiger partial charge in [-0.05, 0) is 37.3 Å². The lowest BCUT2D eigenvalue weighted by Crippen LogP contribution is -2.12. The van der Waals surface area contributed by atoms with Crippen LogP contribution in [0.15, 0.2) is 10.5 Å². The molecule has 2 aromatic rings. The molecule has 0 amide bonds. The Morgan fingerprint density at radius 3 is 2.67 bits per heavy atom. The summed E-state index contributed by atoms with van der Waals surface area (Å²) in [6, 6.07) is 1.96. The van der Waals surface area contributed by atoms with Gasteiger partial charge in [0.2, 0.25) is 5.95 Å². The molecule has 0 fully saturated rings. The maximum atomic E-state index is 5.63. The van der Waals surface area contributed by atoms with Gasteiger partial charge in [0.15, 0.2) is 0 Å². The van der Waals surface area contributed by atoms with Gasteiger partial charge in [-0.15, -0.1) is 0 Å². The van der Waals surface area contributed by atoms with Gasteiger partial charge in [-0.3, -0.25) is 0 Å². The van der Waals surface area contributed by atoms with E-state index in [0.29, 0.717) is 5.95 Å². The normalized spacial score (nSPS) is 13.0. The molecule has 2 heterocycles. The summed E-state index contributed by atoms with van der Waals surface area (Å²) in [6.45, 7) is 5.80. The number of tetrazole rings is 1. The predicted octanol–water partition coefficient (Wildman–Crippen LogP) is 1.07. The van der Waals surface area contributed by atoms with E-state index in [1.807, 2.05) is 26.8 Å². The Balaban J connectivity index is 2.40. The molecule has 0 saturated carbocycles. The Morgan fingerprint density at radius 2 is 2.20 bits per heavy atom. The maximum Gasteiger partial charge on any atom is 0.240 e. The van der Waals surface area contributed by atoms with Crippen molar-refractivity contribution in [2.24, 2.45) is 0 Å². The largest absolute Gasteiger partial charge is 0.466 e. The molecular weight excluding hydrogens is 194 g/mol. The van der Waals surface area contributed by atoms with E-state index < -0.39 is 0 Å². The second-order valence-corrected chi connectivity index (χ2v) is 3.53. The van der Waals surface area contributed by atoms with Gasteiger partial charge < -0.3 is 10.2 Å². The van der Waals surface area contributed by atoms with Crippen LogP contribution in [-0.2, 0) is 0 Å². The maximum absolute atomic E-state index is 5.63. The number of furan rings is 1. The lowest BCUT2D eigenvalue weighted by molar-refractivity contribution is 0.486. The summed E-state index contributed by atoms with van der Waals surface area (Å²) in [5.74, 6) is 2.05. The number of hydrogen-bond acceptors (Lipinski definition) is 5. The van der Waals surface area contributed by atoms with E-state index in [-0.39, 0.29) is 6.04 Å². The minimum Gasteiger partial charge on any atom is -0.466 e. The van der Waals surface area contributed by atoms with Gasteiger partial charge in [0.25, 0.3) is 0 Å². The molecule has 6 nitrogen and oxygen atoms in total. The van der Waals surface area contributed by atoms with Crippen molar-refractivity contribution in [1.82, 2.24) is 20.2 Å². The van der Waals surface area contributed by atoms with E-state index in [1.54, 1.807) is 4.68 Å². The fourth-order valence-electron chi connectivity index (χ4n) is 1.67. The van der Waals surface area contributed by atoms with Crippen molar-refractivity contribution < 1.29 is 4.42 Å². The van der Waals surface area contributed by atoms with E-state index in [1.165, 1.54) is 0 Å². The Labute approximate surface area is 87.1 Å². The highest BCUT2D eigenvalue weighted by Crippen LogP contribution is 2.24. The molecule has 2 aromatic heterocycles. The van der Waals surface area contributed by atoms with Crippen molar-refractivity contribution in [3.63, 3.8) is 0 Å². The van der Waals surface area contributed by atoms with Crippen LogP contribution in [0.5, 0.6) is 0 Å². The molecule has 0 aliphatic carbocycles. The lowest BCUT2D eigenvalue weighted by Gasteiger charge is -2.10. The van der Waals surface area contributed by atoms with E-state index in [2.05, 4.69) is 15.5 Å². The summed E-state index contributed by atoms with van der Waals surface area (Å²) in [6.07, 6.45) is 0. The first-order chi connectivity index (χ1) is 7.09. The van der Waals surface area contributed by atoms with Gasteiger partial charge in [0.05, 0.1) is 6.04 Å². The smallest absolute Gasteiger partial charge is 0.240 e. The topological polar surface area (TPSA) is 82.8 Å². The Morgan fingerprint density at radius 1 is 1.47 bits per heavy atom. The second-order valence-electron chi connectivity index (χ2n) is 3.53. The minimum absolute atomic E-state index is 0.0163. The van der Waals surface area contributed by atoms with E-state index in [4.69, 9.17) is 10.2 Å². The van der Waals surface area contributed by atoms with E-state index in [0.717, 1.165) is 17.1 Å². The molecule has 0 saturated heterocycles.